The fourth-order valence-electron chi connectivity index (χ4n) is 1.47. The molecule has 0 aliphatic carbocycles. The number of thiazole rings is 1. The Morgan fingerprint density at radius 3 is 2.81 bits per heavy atom. The quantitative estimate of drug-likeness (QED) is 0.671. The number of aromatic nitrogens is 2. The van der Waals surface area contributed by atoms with E-state index < -0.39 is 16.0 Å². The molecule has 0 aliphatic rings. The third-order valence-electron chi connectivity index (χ3n) is 2.38. The Hall–Kier alpha value is -1.71. The first-order valence-corrected chi connectivity index (χ1v) is 8.26. The number of ether oxygens (including phenoxy) is 1. The number of aryl methyl sites for hydroxylation is 1. The van der Waals surface area contributed by atoms with E-state index in [0.717, 1.165) is 24.0 Å². The van der Waals surface area contributed by atoms with E-state index in [0.29, 0.717) is 0 Å². The number of nitrogens with one attached hydrogen (secondary N) is 1. The second-order valence-corrected chi connectivity index (χ2v) is 7.03. The lowest BCUT2D eigenvalue weighted by molar-refractivity contribution is 0.0590. The van der Waals surface area contributed by atoms with E-state index in [-0.39, 0.29) is 20.7 Å². The van der Waals surface area contributed by atoms with Crippen molar-refractivity contribution < 1.29 is 17.9 Å². The van der Waals surface area contributed by atoms with Gasteiger partial charge in [-0.05, 0) is 18.6 Å². The standard InChI is InChI=1S/C11H10ClN3O4S2/c1-6-3-7(9(12)13-4-6)15-21(17,18)11-8(10(16)19-2)14-5-20-11/h3-5,15H,1-2H3. The van der Waals surface area contributed by atoms with Crippen molar-refractivity contribution in [3.8, 4) is 0 Å². The Morgan fingerprint density at radius 1 is 1.43 bits per heavy atom. The number of esters is 1. The highest BCUT2D eigenvalue weighted by Crippen LogP contribution is 2.27. The average Bonchev–Trinajstić information content (AvgIpc) is 2.92. The van der Waals surface area contributed by atoms with Crippen LogP contribution in [0.5, 0.6) is 0 Å². The van der Waals surface area contributed by atoms with Gasteiger partial charge in [0.25, 0.3) is 10.0 Å². The van der Waals surface area contributed by atoms with E-state index >= 15 is 0 Å². The van der Waals surface area contributed by atoms with Gasteiger partial charge in [-0.1, -0.05) is 11.6 Å². The number of sulfonamides is 1. The van der Waals surface area contributed by atoms with Crippen molar-refractivity contribution in [1.29, 1.82) is 0 Å². The van der Waals surface area contributed by atoms with Crippen LogP contribution in [0, 0.1) is 6.92 Å². The third-order valence-corrected chi connectivity index (χ3v) is 5.41. The molecule has 0 saturated heterocycles. The molecule has 0 radical (unpaired) electrons. The summed E-state index contributed by atoms with van der Waals surface area (Å²) in [4.78, 5) is 19.1. The minimum atomic E-state index is -4.01. The number of anilines is 1. The largest absolute Gasteiger partial charge is 0.464 e. The van der Waals surface area contributed by atoms with Crippen LogP contribution in [0.4, 0.5) is 5.69 Å². The fourth-order valence-corrected chi connectivity index (χ4v) is 3.87. The van der Waals surface area contributed by atoms with Gasteiger partial charge in [-0.3, -0.25) is 4.72 Å². The highest BCUT2D eigenvalue weighted by Gasteiger charge is 2.27. The SMILES string of the molecule is COC(=O)c1ncsc1S(=O)(=O)Nc1cc(C)cnc1Cl. The topological polar surface area (TPSA) is 98.2 Å². The molecule has 10 heteroatoms. The predicted molar refractivity (Wildman–Crippen MR) is 78.2 cm³/mol. The zero-order valence-electron chi connectivity index (χ0n) is 11.0. The number of carbonyl (C=O) groups is 1. The molecule has 7 nitrogen and oxygen atoms in total. The van der Waals surface area contributed by atoms with Gasteiger partial charge in [0.2, 0.25) is 0 Å². The van der Waals surface area contributed by atoms with Crippen LogP contribution < -0.4 is 4.72 Å². The Bertz CT molecular complexity index is 789. The average molecular weight is 348 g/mol. The smallest absolute Gasteiger partial charge is 0.358 e. The summed E-state index contributed by atoms with van der Waals surface area (Å²) in [5.74, 6) is -0.829. The maximum absolute atomic E-state index is 12.3. The Labute approximate surface area is 130 Å². The van der Waals surface area contributed by atoms with Crippen LogP contribution in [0.25, 0.3) is 0 Å². The summed E-state index contributed by atoms with van der Waals surface area (Å²) in [5.41, 5.74) is 1.83. The molecule has 2 aromatic heterocycles. The number of hydrogen-bond acceptors (Lipinski definition) is 7. The zero-order chi connectivity index (χ0) is 15.6. The third kappa shape index (κ3) is 3.31. The van der Waals surface area contributed by atoms with Crippen LogP contribution in [-0.4, -0.2) is 31.5 Å². The number of pyridine rings is 1. The van der Waals surface area contributed by atoms with Crippen LogP contribution in [0.1, 0.15) is 16.1 Å². The first-order chi connectivity index (χ1) is 9.85. The van der Waals surface area contributed by atoms with E-state index in [1.54, 1.807) is 6.92 Å². The van der Waals surface area contributed by atoms with Gasteiger partial charge in [0.1, 0.15) is 0 Å². The van der Waals surface area contributed by atoms with Crippen LogP contribution in [0.15, 0.2) is 22.0 Å². The molecular weight excluding hydrogens is 338 g/mol. The minimum absolute atomic E-state index is 0.00769. The molecule has 0 aromatic carbocycles. The number of rotatable bonds is 4. The molecule has 0 unspecified atom stereocenters. The van der Waals surface area contributed by atoms with Crippen LogP contribution in [0.3, 0.4) is 0 Å². The number of hydrogen-bond donors (Lipinski definition) is 1. The van der Waals surface area contributed by atoms with Crippen LogP contribution >= 0.6 is 22.9 Å². The normalized spacial score (nSPS) is 11.2. The van der Waals surface area contributed by atoms with Crippen LogP contribution in [0.2, 0.25) is 5.15 Å². The van der Waals surface area contributed by atoms with Crippen molar-refractivity contribution >= 4 is 44.6 Å². The van der Waals surface area contributed by atoms with E-state index in [4.69, 9.17) is 11.6 Å². The lowest BCUT2D eigenvalue weighted by Gasteiger charge is -2.09. The summed E-state index contributed by atoms with van der Waals surface area (Å²) in [6.07, 6.45) is 1.51. The zero-order valence-corrected chi connectivity index (χ0v) is 13.3. The molecule has 0 fully saturated rings. The molecule has 0 aliphatic heterocycles. The summed E-state index contributed by atoms with van der Waals surface area (Å²) in [5, 5.41) is 0.00769. The second-order valence-electron chi connectivity index (χ2n) is 3.94. The summed E-state index contributed by atoms with van der Waals surface area (Å²) in [7, 11) is -2.87. The summed E-state index contributed by atoms with van der Waals surface area (Å²) >= 11 is 6.65. The first kappa shape index (κ1) is 15.7. The molecule has 2 heterocycles. The molecule has 0 bridgehead atoms. The van der Waals surface area contributed by atoms with Crippen molar-refractivity contribution in [2.45, 2.75) is 11.1 Å². The lowest BCUT2D eigenvalue weighted by atomic mass is 10.3. The molecule has 2 aromatic rings. The Kier molecular flexibility index (Phi) is 4.45. The van der Waals surface area contributed by atoms with Gasteiger partial charge in [-0.2, -0.15) is 0 Å². The molecule has 21 heavy (non-hydrogen) atoms. The van der Waals surface area contributed by atoms with E-state index in [2.05, 4.69) is 19.4 Å². The van der Waals surface area contributed by atoms with Crippen LogP contribution in [-0.2, 0) is 14.8 Å². The van der Waals surface area contributed by atoms with Crippen molar-refractivity contribution in [1.82, 2.24) is 9.97 Å². The molecule has 0 saturated carbocycles. The second kappa shape index (κ2) is 5.96. The first-order valence-electron chi connectivity index (χ1n) is 5.52. The summed E-state index contributed by atoms with van der Waals surface area (Å²) in [6.45, 7) is 1.74. The molecule has 1 N–H and O–H groups in total. The fraction of sp³-hybridized carbons (Fsp3) is 0.182. The molecule has 0 atom stereocenters. The highest BCUT2D eigenvalue weighted by atomic mass is 35.5. The molecule has 0 amide bonds. The van der Waals surface area contributed by atoms with Crippen molar-refractivity contribution in [2.24, 2.45) is 0 Å². The van der Waals surface area contributed by atoms with Gasteiger partial charge in [-0.15, -0.1) is 11.3 Å². The van der Waals surface area contributed by atoms with E-state index in [9.17, 15) is 13.2 Å². The summed E-state index contributed by atoms with van der Waals surface area (Å²) < 4.78 is 31.2. The summed E-state index contributed by atoms with van der Waals surface area (Å²) in [6, 6.07) is 1.53. The van der Waals surface area contributed by atoms with Crippen molar-refractivity contribution in [3.05, 3.63) is 34.2 Å². The Morgan fingerprint density at radius 2 is 2.14 bits per heavy atom. The van der Waals surface area contributed by atoms with E-state index in [1.165, 1.54) is 17.8 Å². The monoisotopic (exact) mass is 347 g/mol. The van der Waals surface area contributed by atoms with Gasteiger partial charge in [0, 0.05) is 6.20 Å². The van der Waals surface area contributed by atoms with E-state index in [1.807, 2.05) is 0 Å². The predicted octanol–water partition coefficient (Wildman–Crippen LogP) is 2.09. The highest BCUT2D eigenvalue weighted by molar-refractivity contribution is 7.94. The number of nitrogens with zero attached hydrogens (tertiary/aromatic N) is 2. The van der Waals surface area contributed by atoms with Gasteiger partial charge in [0.05, 0.1) is 18.3 Å². The molecule has 2 rings (SSSR count). The molecule has 112 valence electrons. The number of carbonyl (C=O) groups excluding carboxylic acids is 1. The number of methoxy groups -OCH3 is 1. The Balaban J connectivity index is 2.42. The molecule has 0 spiro atoms. The van der Waals surface area contributed by atoms with Crippen molar-refractivity contribution in [3.63, 3.8) is 0 Å². The van der Waals surface area contributed by atoms with Gasteiger partial charge < -0.3 is 4.74 Å². The van der Waals surface area contributed by atoms with Gasteiger partial charge in [-0.25, -0.2) is 23.2 Å². The number of halogens is 1. The van der Waals surface area contributed by atoms with Crippen molar-refractivity contribution in [2.75, 3.05) is 11.8 Å². The maximum atomic E-state index is 12.3. The lowest BCUT2D eigenvalue weighted by Crippen LogP contribution is -2.16. The molecular formula is C11H10ClN3O4S2. The minimum Gasteiger partial charge on any atom is -0.464 e. The maximum Gasteiger partial charge on any atom is 0.358 e. The van der Waals surface area contributed by atoms with Gasteiger partial charge in [0.15, 0.2) is 15.1 Å². The van der Waals surface area contributed by atoms with Gasteiger partial charge >= 0.3 is 5.97 Å².